The largest absolute Gasteiger partial charge is 0.294 e. The number of ketones is 1. The predicted octanol–water partition coefficient (Wildman–Crippen LogP) is 4.72. The number of aromatic nitrogens is 2. The Hall–Kier alpha value is -2.60. The van der Waals surface area contributed by atoms with Gasteiger partial charge in [0.15, 0.2) is 10.9 Å². The van der Waals surface area contributed by atoms with Crippen LogP contribution in [0.4, 0.5) is 8.78 Å². The van der Waals surface area contributed by atoms with Gasteiger partial charge >= 0.3 is 0 Å². The van der Waals surface area contributed by atoms with Crippen LogP contribution < -0.4 is 0 Å². The summed E-state index contributed by atoms with van der Waals surface area (Å²) in [4.78, 5) is 16.4. The number of nitrogens with zero attached hydrogens (tertiary/aromatic N) is 2. The van der Waals surface area contributed by atoms with Gasteiger partial charge in [0.25, 0.3) is 0 Å². The van der Waals surface area contributed by atoms with E-state index in [-0.39, 0.29) is 5.56 Å². The highest BCUT2D eigenvalue weighted by atomic mass is 32.1. The first-order valence-corrected chi connectivity index (χ1v) is 8.11. The lowest BCUT2D eigenvalue weighted by atomic mass is 10.1. The Kier molecular flexibility index (Phi) is 4.40. The topological polar surface area (TPSA) is 34.9 Å². The van der Waals surface area contributed by atoms with Gasteiger partial charge in [0, 0.05) is 29.0 Å². The van der Waals surface area contributed by atoms with E-state index in [1.165, 1.54) is 17.4 Å². The SMILES string of the molecule is Cc1cc(/C=C/C(=O)c2ccc(F)cc2F)c(C)n1-c1nccs1. The molecule has 24 heavy (non-hydrogen) atoms. The summed E-state index contributed by atoms with van der Waals surface area (Å²) in [6.07, 6.45) is 4.66. The average molecular weight is 344 g/mol. The molecule has 2 aromatic heterocycles. The molecule has 0 unspecified atom stereocenters. The first-order valence-electron chi connectivity index (χ1n) is 7.23. The van der Waals surface area contributed by atoms with Gasteiger partial charge in [-0.25, -0.2) is 13.8 Å². The molecule has 0 fully saturated rings. The minimum Gasteiger partial charge on any atom is -0.294 e. The van der Waals surface area contributed by atoms with Crippen molar-refractivity contribution in [1.29, 1.82) is 0 Å². The van der Waals surface area contributed by atoms with E-state index < -0.39 is 17.4 Å². The van der Waals surface area contributed by atoms with Gasteiger partial charge < -0.3 is 0 Å². The Morgan fingerprint density at radius 1 is 1.25 bits per heavy atom. The van der Waals surface area contributed by atoms with Crippen LogP contribution >= 0.6 is 11.3 Å². The van der Waals surface area contributed by atoms with Crippen LogP contribution in [0.5, 0.6) is 0 Å². The smallest absolute Gasteiger partial charge is 0.193 e. The van der Waals surface area contributed by atoms with Gasteiger partial charge in [-0.1, -0.05) is 0 Å². The fourth-order valence-corrected chi connectivity index (χ4v) is 3.27. The summed E-state index contributed by atoms with van der Waals surface area (Å²) in [7, 11) is 0. The average Bonchev–Trinajstić information content (AvgIpc) is 3.13. The van der Waals surface area contributed by atoms with E-state index in [2.05, 4.69) is 4.98 Å². The van der Waals surface area contributed by atoms with Crippen LogP contribution in [-0.2, 0) is 0 Å². The van der Waals surface area contributed by atoms with E-state index in [1.807, 2.05) is 29.9 Å². The number of carbonyl (C=O) groups excluding carboxylic acids is 1. The molecule has 122 valence electrons. The molecule has 3 rings (SSSR count). The third-order valence-electron chi connectivity index (χ3n) is 3.69. The second-order valence-corrected chi connectivity index (χ2v) is 6.17. The molecule has 0 N–H and O–H groups in total. The standard InChI is InChI=1S/C18H14F2N2OS/c1-11-9-13(12(2)22(11)18-21-7-8-24-18)3-6-17(23)15-5-4-14(19)10-16(15)20/h3-10H,1-2H3/b6-3+. The van der Waals surface area contributed by atoms with E-state index in [0.29, 0.717) is 6.07 Å². The van der Waals surface area contributed by atoms with Crippen LogP contribution in [0.2, 0.25) is 0 Å². The monoisotopic (exact) mass is 344 g/mol. The molecule has 0 spiro atoms. The Morgan fingerprint density at radius 2 is 2.04 bits per heavy atom. The molecule has 0 amide bonds. The fourth-order valence-electron chi connectivity index (χ4n) is 2.52. The van der Waals surface area contributed by atoms with Crippen LogP contribution in [0.3, 0.4) is 0 Å². The highest BCUT2D eigenvalue weighted by molar-refractivity contribution is 7.12. The molecule has 3 aromatic rings. The number of halogens is 2. The van der Waals surface area contributed by atoms with Crippen LogP contribution in [0.1, 0.15) is 27.3 Å². The Labute approximate surface area is 141 Å². The lowest BCUT2D eigenvalue weighted by Gasteiger charge is -2.04. The maximum Gasteiger partial charge on any atom is 0.193 e. The summed E-state index contributed by atoms with van der Waals surface area (Å²) in [6, 6.07) is 4.85. The van der Waals surface area contributed by atoms with E-state index in [1.54, 1.807) is 12.3 Å². The fraction of sp³-hybridized carbons (Fsp3) is 0.111. The van der Waals surface area contributed by atoms with Crippen molar-refractivity contribution in [2.24, 2.45) is 0 Å². The predicted molar refractivity (Wildman–Crippen MR) is 90.6 cm³/mol. The zero-order valence-corrected chi connectivity index (χ0v) is 13.9. The number of hydrogen-bond donors (Lipinski definition) is 0. The molecule has 2 heterocycles. The van der Waals surface area contributed by atoms with Crippen LogP contribution in [0, 0.1) is 25.5 Å². The summed E-state index contributed by atoms with van der Waals surface area (Å²) < 4.78 is 28.6. The molecule has 0 radical (unpaired) electrons. The molecular weight excluding hydrogens is 330 g/mol. The zero-order valence-electron chi connectivity index (χ0n) is 13.1. The first-order chi connectivity index (χ1) is 11.5. The molecule has 6 heteroatoms. The van der Waals surface area contributed by atoms with Crippen LogP contribution in [0.15, 0.2) is 41.9 Å². The molecule has 0 bridgehead atoms. The molecule has 1 aromatic carbocycles. The normalized spacial score (nSPS) is 11.3. The molecule has 0 aliphatic heterocycles. The van der Waals surface area contributed by atoms with Crippen LogP contribution in [0.25, 0.3) is 11.2 Å². The Morgan fingerprint density at radius 3 is 2.71 bits per heavy atom. The van der Waals surface area contributed by atoms with Gasteiger partial charge in [0.1, 0.15) is 11.6 Å². The number of thiazole rings is 1. The van der Waals surface area contributed by atoms with Crippen LogP contribution in [-0.4, -0.2) is 15.3 Å². The van der Waals surface area contributed by atoms with Gasteiger partial charge in [-0.05, 0) is 49.8 Å². The molecular formula is C18H14F2N2OS. The summed E-state index contributed by atoms with van der Waals surface area (Å²) in [5.41, 5.74) is 2.62. The first kappa shape index (κ1) is 16.3. The number of rotatable bonds is 4. The van der Waals surface area contributed by atoms with E-state index in [0.717, 1.165) is 34.2 Å². The Balaban J connectivity index is 1.90. The summed E-state index contributed by atoms with van der Waals surface area (Å²) in [6.45, 7) is 3.88. The molecule has 0 atom stereocenters. The molecule has 0 saturated heterocycles. The van der Waals surface area contributed by atoms with Crippen molar-refractivity contribution in [2.75, 3.05) is 0 Å². The minimum absolute atomic E-state index is 0.151. The second kappa shape index (κ2) is 6.49. The van der Waals surface area contributed by atoms with Gasteiger partial charge in [0.2, 0.25) is 0 Å². The molecule has 0 aliphatic rings. The quantitative estimate of drug-likeness (QED) is 0.507. The van der Waals surface area contributed by atoms with Gasteiger partial charge in [0.05, 0.1) is 5.56 Å². The second-order valence-electron chi connectivity index (χ2n) is 5.30. The molecule has 0 saturated carbocycles. The summed E-state index contributed by atoms with van der Waals surface area (Å²) >= 11 is 1.52. The van der Waals surface area contributed by atoms with Gasteiger partial charge in [-0.15, -0.1) is 11.3 Å². The third kappa shape index (κ3) is 3.05. The highest BCUT2D eigenvalue weighted by Gasteiger charge is 2.12. The summed E-state index contributed by atoms with van der Waals surface area (Å²) in [5.74, 6) is -2.08. The maximum atomic E-state index is 13.7. The zero-order chi connectivity index (χ0) is 17.3. The van der Waals surface area contributed by atoms with Crippen molar-refractivity contribution in [1.82, 2.24) is 9.55 Å². The third-order valence-corrected chi connectivity index (χ3v) is 4.45. The van der Waals surface area contributed by atoms with Crippen molar-refractivity contribution in [3.05, 3.63) is 76.1 Å². The van der Waals surface area contributed by atoms with E-state index in [9.17, 15) is 13.6 Å². The highest BCUT2D eigenvalue weighted by Crippen LogP contribution is 2.23. The van der Waals surface area contributed by atoms with E-state index in [4.69, 9.17) is 0 Å². The van der Waals surface area contributed by atoms with Crippen molar-refractivity contribution < 1.29 is 13.6 Å². The van der Waals surface area contributed by atoms with E-state index >= 15 is 0 Å². The maximum absolute atomic E-state index is 13.7. The van der Waals surface area contributed by atoms with Crippen molar-refractivity contribution in [3.8, 4) is 5.13 Å². The lowest BCUT2D eigenvalue weighted by Crippen LogP contribution is -1.99. The number of hydrogen-bond acceptors (Lipinski definition) is 3. The molecule has 0 aliphatic carbocycles. The summed E-state index contributed by atoms with van der Waals surface area (Å²) in [5, 5.41) is 2.74. The number of carbonyl (C=O) groups is 1. The Bertz CT molecular complexity index is 927. The number of aryl methyl sites for hydroxylation is 1. The lowest BCUT2D eigenvalue weighted by molar-refractivity contribution is 0.104. The number of benzene rings is 1. The minimum atomic E-state index is -0.863. The van der Waals surface area contributed by atoms with Crippen molar-refractivity contribution in [2.45, 2.75) is 13.8 Å². The van der Waals surface area contributed by atoms with Gasteiger partial charge in [-0.3, -0.25) is 9.36 Å². The van der Waals surface area contributed by atoms with Crippen molar-refractivity contribution >= 4 is 23.2 Å². The molecule has 3 nitrogen and oxygen atoms in total. The van der Waals surface area contributed by atoms with Gasteiger partial charge in [-0.2, -0.15) is 0 Å². The van der Waals surface area contributed by atoms with Crippen molar-refractivity contribution in [3.63, 3.8) is 0 Å². The number of allylic oxidation sites excluding steroid dienone is 1.